The minimum absolute atomic E-state index is 0.105. The number of piperidine rings is 1. The molecule has 3 heterocycles. The number of urea groups is 1. The number of hydrogen-bond donors (Lipinski definition) is 3. The van der Waals surface area contributed by atoms with E-state index in [1.54, 1.807) is 17.3 Å². The summed E-state index contributed by atoms with van der Waals surface area (Å²) >= 11 is 0. The topological polar surface area (TPSA) is 118 Å². The fraction of sp³-hybridized carbons (Fsp3) is 0.462. The summed E-state index contributed by atoms with van der Waals surface area (Å²) in [5, 5.41) is 12.1. The van der Waals surface area contributed by atoms with E-state index in [1.807, 2.05) is 11.6 Å². The number of nitrogens with zero attached hydrogens (tertiary/aromatic N) is 4. The van der Waals surface area contributed by atoms with E-state index in [2.05, 4.69) is 59.7 Å². The Morgan fingerprint density at radius 3 is 2.57 bits per heavy atom. The van der Waals surface area contributed by atoms with Gasteiger partial charge in [0.05, 0.1) is 28.9 Å². The molecule has 1 aliphatic rings. The molecule has 9 nitrogen and oxygen atoms in total. The Bertz CT molecular complexity index is 1230. The van der Waals surface area contributed by atoms with Crippen LogP contribution in [0.3, 0.4) is 0 Å². The largest absolute Gasteiger partial charge is 0.381 e. The third kappa shape index (κ3) is 5.08. The van der Waals surface area contributed by atoms with Gasteiger partial charge in [0.1, 0.15) is 0 Å². The Hall–Kier alpha value is -3.62. The van der Waals surface area contributed by atoms with Crippen LogP contribution in [0.1, 0.15) is 66.2 Å². The van der Waals surface area contributed by atoms with Gasteiger partial charge in [-0.2, -0.15) is 5.10 Å². The Kier molecular flexibility index (Phi) is 7.23. The van der Waals surface area contributed by atoms with Crippen molar-refractivity contribution >= 4 is 28.7 Å². The highest BCUT2D eigenvalue weighted by Crippen LogP contribution is 2.30. The van der Waals surface area contributed by atoms with E-state index in [0.29, 0.717) is 25.2 Å². The van der Waals surface area contributed by atoms with Gasteiger partial charge in [-0.05, 0) is 51.2 Å². The van der Waals surface area contributed by atoms with Gasteiger partial charge in [-0.3, -0.25) is 4.79 Å². The number of nitrogens with one attached hydrogen (secondary N) is 2. The molecule has 9 heteroatoms. The highest BCUT2D eigenvalue weighted by Gasteiger charge is 2.26. The van der Waals surface area contributed by atoms with E-state index in [0.717, 1.165) is 52.7 Å². The van der Waals surface area contributed by atoms with Crippen LogP contribution >= 0.6 is 0 Å². The van der Waals surface area contributed by atoms with Crippen LogP contribution in [-0.4, -0.2) is 50.7 Å². The molecule has 0 aliphatic carbocycles. The molecule has 0 bridgehead atoms. The van der Waals surface area contributed by atoms with Crippen molar-refractivity contribution in [1.82, 2.24) is 25.0 Å². The summed E-state index contributed by atoms with van der Waals surface area (Å²) in [7, 11) is 0. The lowest BCUT2D eigenvalue weighted by Crippen LogP contribution is -2.45. The Labute approximate surface area is 206 Å². The van der Waals surface area contributed by atoms with E-state index < -0.39 is 6.03 Å². The SMILES string of the molecule is CC[C@@H](NC(=O)c1cnc2c(cnn2CC)c1NC1CCN(C(N)=O)CC1)c1cc(C)ccc1C. The fourth-order valence-electron chi connectivity index (χ4n) is 4.81. The Balaban J connectivity index is 1.65. The van der Waals surface area contributed by atoms with Crippen molar-refractivity contribution in [2.75, 3.05) is 18.4 Å². The number of amides is 3. The molecule has 1 aliphatic heterocycles. The predicted octanol–water partition coefficient (Wildman–Crippen LogP) is 3.90. The zero-order valence-electron chi connectivity index (χ0n) is 21.0. The molecule has 1 atom stereocenters. The van der Waals surface area contributed by atoms with Crippen molar-refractivity contribution in [3.63, 3.8) is 0 Å². The summed E-state index contributed by atoms with van der Waals surface area (Å²) in [6.07, 6.45) is 5.67. The first-order chi connectivity index (χ1) is 16.8. The maximum absolute atomic E-state index is 13.6. The van der Waals surface area contributed by atoms with E-state index in [4.69, 9.17) is 5.73 Å². The molecule has 4 rings (SSSR count). The molecule has 2 aromatic heterocycles. The van der Waals surface area contributed by atoms with Gasteiger partial charge in [0.2, 0.25) is 0 Å². The standard InChI is InChI=1S/C26H35N7O2/c1-5-22(19-13-16(3)7-8-17(19)4)31-25(34)21-14-28-24-20(15-29-33(24)6-2)23(21)30-18-9-11-32(12-10-18)26(27)35/h7-8,13-15,18,22H,5-6,9-12H2,1-4H3,(H2,27,35)(H,28,30)(H,31,34)/t22-/m1/s1. The second-order valence-electron chi connectivity index (χ2n) is 9.28. The first-order valence-electron chi connectivity index (χ1n) is 12.4. The third-order valence-corrected chi connectivity index (χ3v) is 6.89. The Morgan fingerprint density at radius 2 is 1.91 bits per heavy atom. The average molecular weight is 478 g/mol. The van der Waals surface area contributed by atoms with Gasteiger partial charge in [-0.15, -0.1) is 0 Å². The molecular weight excluding hydrogens is 442 g/mol. The van der Waals surface area contributed by atoms with Crippen LogP contribution in [0.15, 0.2) is 30.6 Å². The fourth-order valence-corrected chi connectivity index (χ4v) is 4.81. The van der Waals surface area contributed by atoms with Gasteiger partial charge in [0.15, 0.2) is 5.65 Å². The zero-order valence-corrected chi connectivity index (χ0v) is 21.0. The van der Waals surface area contributed by atoms with Crippen LogP contribution in [0.5, 0.6) is 0 Å². The number of carbonyl (C=O) groups is 2. The monoisotopic (exact) mass is 477 g/mol. The molecular formula is C26H35N7O2. The number of pyridine rings is 1. The van der Waals surface area contributed by atoms with E-state index >= 15 is 0 Å². The van der Waals surface area contributed by atoms with Gasteiger partial charge in [-0.1, -0.05) is 30.7 Å². The van der Waals surface area contributed by atoms with Crippen molar-refractivity contribution < 1.29 is 9.59 Å². The number of anilines is 1. The highest BCUT2D eigenvalue weighted by molar-refractivity contribution is 6.06. The molecule has 1 saturated heterocycles. The van der Waals surface area contributed by atoms with Crippen molar-refractivity contribution in [1.29, 1.82) is 0 Å². The van der Waals surface area contributed by atoms with E-state index in [9.17, 15) is 9.59 Å². The second-order valence-corrected chi connectivity index (χ2v) is 9.28. The Morgan fingerprint density at radius 1 is 1.17 bits per heavy atom. The zero-order chi connectivity index (χ0) is 25.1. The van der Waals surface area contributed by atoms with Gasteiger partial charge >= 0.3 is 6.03 Å². The van der Waals surface area contributed by atoms with Crippen LogP contribution in [0.25, 0.3) is 11.0 Å². The quantitative estimate of drug-likeness (QED) is 0.477. The van der Waals surface area contributed by atoms with Gasteiger partial charge in [0.25, 0.3) is 5.91 Å². The average Bonchev–Trinajstić information content (AvgIpc) is 3.28. The van der Waals surface area contributed by atoms with Crippen molar-refractivity contribution in [3.8, 4) is 0 Å². The van der Waals surface area contributed by atoms with Crippen molar-refractivity contribution in [2.24, 2.45) is 5.73 Å². The van der Waals surface area contributed by atoms with Gasteiger partial charge < -0.3 is 21.3 Å². The number of carbonyl (C=O) groups excluding carboxylic acids is 2. The summed E-state index contributed by atoms with van der Waals surface area (Å²) in [5.41, 5.74) is 10.9. The highest BCUT2D eigenvalue weighted by atomic mass is 16.2. The minimum Gasteiger partial charge on any atom is -0.381 e. The van der Waals surface area contributed by atoms with Crippen LogP contribution in [0, 0.1) is 13.8 Å². The molecule has 0 radical (unpaired) electrons. The summed E-state index contributed by atoms with van der Waals surface area (Å²) in [5.74, 6) is -0.173. The molecule has 1 aromatic carbocycles. The number of benzene rings is 1. The number of primary amides is 1. The third-order valence-electron chi connectivity index (χ3n) is 6.89. The lowest BCUT2D eigenvalue weighted by molar-refractivity contribution is 0.0936. The predicted molar refractivity (Wildman–Crippen MR) is 137 cm³/mol. The molecule has 3 aromatic rings. The maximum atomic E-state index is 13.6. The molecule has 186 valence electrons. The number of rotatable bonds is 7. The number of hydrogen-bond acceptors (Lipinski definition) is 5. The summed E-state index contributed by atoms with van der Waals surface area (Å²) < 4.78 is 1.82. The number of fused-ring (bicyclic) bond motifs is 1. The minimum atomic E-state index is -0.393. The number of nitrogens with two attached hydrogens (primary N) is 1. The first kappa shape index (κ1) is 24.5. The molecule has 3 amide bonds. The summed E-state index contributed by atoms with van der Waals surface area (Å²) in [4.78, 5) is 31.4. The summed E-state index contributed by atoms with van der Waals surface area (Å²) in [6, 6.07) is 5.93. The van der Waals surface area contributed by atoms with Gasteiger partial charge in [-0.25, -0.2) is 14.5 Å². The maximum Gasteiger partial charge on any atom is 0.314 e. The molecule has 0 spiro atoms. The van der Waals surface area contributed by atoms with E-state index in [-0.39, 0.29) is 18.0 Å². The lowest BCUT2D eigenvalue weighted by Gasteiger charge is -2.32. The number of likely N-dealkylation sites (tertiary alicyclic amines) is 1. The molecule has 0 unspecified atom stereocenters. The first-order valence-corrected chi connectivity index (χ1v) is 12.4. The van der Waals surface area contributed by atoms with Crippen molar-refractivity contribution in [2.45, 2.75) is 65.6 Å². The number of aryl methyl sites for hydroxylation is 3. The smallest absolute Gasteiger partial charge is 0.314 e. The molecule has 0 saturated carbocycles. The van der Waals surface area contributed by atoms with Crippen LogP contribution in [0.4, 0.5) is 10.5 Å². The van der Waals surface area contributed by atoms with Crippen LogP contribution < -0.4 is 16.4 Å². The molecule has 1 fully saturated rings. The normalized spacial score (nSPS) is 15.3. The second kappa shape index (κ2) is 10.3. The molecule has 35 heavy (non-hydrogen) atoms. The molecule has 4 N–H and O–H groups in total. The van der Waals surface area contributed by atoms with Crippen molar-refractivity contribution in [3.05, 3.63) is 52.8 Å². The summed E-state index contributed by atoms with van der Waals surface area (Å²) in [6.45, 7) is 10.1. The number of aromatic nitrogens is 3. The van der Waals surface area contributed by atoms with Crippen LogP contribution in [-0.2, 0) is 6.54 Å². The lowest BCUT2D eigenvalue weighted by atomic mass is 9.96. The van der Waals surface area contributed by atoms with Gasteiger partial charge in [0, 0.05) is 31.9 Å². The van der Waals surface area contributed by atoms with Crippen LogP contribution in [0.2, 0.25) is 0 Å². The van der Waals surface area contributed by atoms with E-state index in [1.165, 1.54) is 0 Å².